The molecule has 1 aliphatic rings. The van der Waals surface area contributed by atoms with E-state index in [2.05, 4.69) is 40.6 Å². The van der Waals surface area contributed by atoms with Crippen LogP contribution in [0.1, 0.15) is 37.1 Å². The molecule has 3 rings (SSSR count). The van der Waals surface area contributed by atoms with Gasteiger partial charge in [0.2, 0.25) is 0 Å². The zero-order valence-corrected chi connectivity index (χ0v) is 12.8. The van der Waals surface area contributed by atoms with Gasteiger partial charge in [0, 0.05) is 18.6 Å². The predicted octanol–water partition coefficient (Wildman–Crippen LogP) is 2.41. The van der Waals surface area contributed by atoms with Crippen molar-refractivity contribution >= 4 is 0 Å². The summed E-state index contributed by atoms with van der Waals surface area (Å²) in [5, 5.41) is 0. The third-order valence-corrected chi connectivity index (χ3v) is 4.50. The number of nitrogens with zero attached hydrogens (tertiary/aromatic N) is 3. The Balaban J connectivity index is 1.74. The highest BCUT2D eigenvalue weighted by Gasteiger charge is 2.29. The number of likely N-dealkylation sites (N-methyl/N-ethyl adjacent to an activating group) is 1. The van der Waals surface area contributed by atoms with Crippen LogP contribution in [0.25, 0.3) is 0 Å². The molecule has 1 fully saturated rings. The molecule has 112 valence electrons. The van der Waals surface area contributed by atoms with Crippen molar-refractivity contribution < 1.29 is 0 Å². The van der Waals surface area contributed by atoms with Gasteiger partial charge in [0.15, 0.2) is 0 Å². The van der Waals surface area contributed by atoms with E-state index < -0.39 is 0 Å². The first-order valence-electron chi connectivity index (χ1n) is 7.69. The second-order valence-corrected chi connectivity index (χ2v) is 6.10. The fraction of sp³-hybridized carbons (Fsp3) is 0.471. The van der Waals surface area contributed by atoms with Crippen LogP contribution >= 0.6 is 0 Å². The molecule has 0 amide bonds. The smallest absolute Gasteiger partial charge is 0.0949 e. The summed E-state index contributed by atoms with van der Waals surface area (Å²) in [5.74, 6) is 0. The second kappa shape index (κ2) is 6.00. The van der Waals surface area contributed by atoms with E-state index in [0.717, 1.165) is 23.8 Å². The van der Waals surface area contributed by atoms with E-state index >= 15 is 0 Å². The summed E-state index contributed by atoms with van der Waals surface area (Å²) < 4.78 is 2.20. The van der Waals surface area contributed by atoms with Crippen molar-refractivity contribution in [2.24, 2.45) is 5.73 Å². The molecule has 1 aromatic carbocycles. The molecule has 1 heterocycles. The van der Waals surface area contributed by atoms with Gasteiger partial charge in [0.05, 0.1) is 24.3 Å². The summed E-state index contributed by atoms with van der Waals surface area (Å²) in [7, 11) is 2.22. The van der Waals surface area contributed by atoms with Crippen molar-refractivity contribution in [1.29, 1.82) is 0 Å². The molecule has 2 N–H and O–H groups in total. The molecule has 2 aromatic rings. The van der Waals surface area contributed by atoms with Crippen LogP contribution < -0.4 is 5.73 Å². The first kappa shape index (κ1) is 14.3. The van der Waals surface area contributed by atoms with Crippen LogP contribution in [0, 0.1) is 0 Å². The molecule has 1 saturated carbocycles. The van der Waals surface area contributed by atoms with Gasteiger partial charge in [0.25, 0.3) is 0 Å². The number of imidazole rings is 1. The van der Waals surface area contributed by atoms with Gasteiger partial charge >= 0.3 is 0 Å². The Morgan fingerprint density at radius 1 is 1.33 bits per heavy atom. The standard InChI is InChI=1S/C17H24N4/c1-13(20(2)15-8-9-15)11-21-12-19-10-16(21)17(18)14-6-4-3-5-7-14/h3-7,10,12-13,15,17H,8-9,11,18H2,1-2H3. The highest BCUT2D eigenvalue weighted by atomic mass is 15.2. The molecular weight excluding hydrogens is 260 g/mol. The molecule has 2 atom stereocenters. The van der Waals surface area contributed by atoms with E-state index in [1.54, 1.807) is 0 Å². The number of hydrogen-bond donors (Lipinski definition) is 1. The van der Waals surface area contributed by atoms with Gasteiger partial charge in [-0.05, 0) is 32.4 Å². The third kappa shape index (κ3) is 3.17. The lowest BCUT2D eigenvalue weighted by molar-refractivity contribution is 0.224. The second-order valence-electron chi connectivity index (χ2n) is 6.10. The van der Waals surface area contributed by atoms with E-state index in [4.69, 9.17) is 5.73 Å². The maximum Gasteiger partial charge on any atom is 0.0949 e. The molecular formula is C17H24N4. The number of hydrogen-bond acceptors (Lipinski definition) is 3. The molecule has 0 spiro atoms. The number of rotatable bonds is 6. The summed E-state index contributed by atoms with van der Waals surface area (Å²) >= 11 is 0. The molecule has 1 aromatic heterocycles. The average Bonchev–Trinajstić information content (AvgIpc) is 3.26. The Bertz CT molecular complexity index is 573. The minimum atomic E-state index is -0.118. The van der Waals surface area contributed by atoms with Gasteiger partial charge in [-0.3, -0.25) is 4.90 Å². The van der Waals surface area contributed by atoms with Crippen LogP contribution in [-0.4, -0.2) is 33.6 Å². The molecule has 0 radical (unpaired) electrons. The highest BCUT2D eigenvalue weighted by molar-refractivity contribution is 5.26. The monoisotopic (exact) mass is 284 g/mol. The summed E-state index contributed by atoms with van der Waals surface area (Å²) in [4.78, 5) is 6.78. The van der Waals surface area contributed by atoms with Crippen molar-refractivity contribution in [1.82, 2.24) is 14.5 Å². The molecule has 4 heteroatoms. The van der Waals surface area contributed by atoms with Gasteiger partial charge in [0.1, 0.15) is 0 Å². The van der Waals surface area contributed by atoms with Crippen molar-refractivity contribution in [3.8, 4) is 0 Å². The topological polar surface area (TPSA) is 47.1 Å². The van der Waals surface area contributed by atoms with E-state index in [0.29, 0.717) is 6.04 Å². The van der Waals surface area contributed by atoms with Crippen molar-refractivity contribution in [2.75, 3.05) is 7.05 Å². The first-order valence-corrected chi connectivity index (χ1v) is 7.69. The van der Waals surface area contributed by atoms with Gasteiger partial charge in [-0.15, -0.1) is 0 Å². The van der Waals surface area contributed by atoms with E-state index in [9.17, 15) is 0 Å². The minimum absolute atomic E-state index is 0.118. The zero-order chi connectivity index (χ0) is 14.8. The molecule has 0 aliphatic heterocycles. The highest BCUT2D eigenvalue weighted by Crippen LogP contribution is 2.28. The van der Waals surface area contributed by atoms with E-state index in [1.165, 1.54) is 12.8 Å². The summed E-state index contributed by atoms with van der Waals surface area (Å²) in [6, 6.07) is 11.4. The Morgan fingerprint density at radius 3 is 2.71 bits per heavy atom. The van der Waals surface area contributed by atoms with Crippen molar-refractivity contribution in [3.05, 3.63) is 54.1 Å². The Morgan fingerprint density at radius 2 is 2.05 bits per heavy atom. The van der Waals surface area contributed by atoms with Gasteiger partial charge in [-0.25, -0.2) is 4.98 Å². The lowest BCUT2D eigenvalue weighted by atomic mass is 10.1. The minimum Gasteiger partial charge on any atom is -0.331 e. The van der Waals surface area contributed by atoms with E-state index in [-0.39, 0.29) is 6.04 Å². The van der Waals surface area contributed by atoms with Gasteiger partial charge in [-0.1, -0.05) is 30.3 Å². The predicted molar refractivity (Wildman–Crippen MR) is 84.9 cm³/mol. The zero-order valence-electron chi connectivity index (χ0n) is 12.8. The third-order valence-electron chi connectivity index (χ3n) is 4.50. The fourth-order valence-electron chi connectivity index (χ4n) is 2.83. The van der Waals surface area contributed by atoms with Crippen LogP contribution in [0.15, 0.2) is 42.9 Å². The van der Waals surface area contributed by atoms with Crippen LogP contribution in [0.3, 0.4) is 0 Å². The Kier molecular flexibility index (Phi) is 4.08. The summed E-state index contributed by atoms with van der Waals surface area (Å²) in [6.45, 7) is 3.21. The fourth-order valence-corrected chi connectivity index (χ4v) is 2.83. The molecule has 4 nitrogen and oxygen atoms in total. The largest absolute Gasteiger partial charge is 0.331 e. The van der Waals surface area contributed by atoms with Gasteiger partial charge in [-0.2, -0.15) is 0 Å². The number of aromatic nitrogens is 2. The van der Waals surface area contributed by atoms with Crippen molar-refractivity contribution in [3.63, 3.8) is 0 Å². The summed E-state index contributed by atoms with van der Waals surface area (Å²) in [5.41, 5.74) is 8.62. The summed E-state index contributed by atoms with van der Waals surface area (Å²) in [6.07, 6.45) is 6.46. The molecule has 0 bridgehead atoms. The maximum absolute atomic E-state index is 6.41. The normalized spacial score (nSPS) is 17.9. The Hall–Kier alpha value is -1.65. The lowest BCUT2D eigenvalue weighted by Gasteiger charge is -2.26. The van der Waals surface area contributed by atoms with Crippen LogP contribution in [0.4, 0.5) is 0 Å². The Labute approximate surface area is 126 Å². The quantitative estimate of drug-likeness (QED) is 0.886. The van der Waals surface area contributed by atoms with Crippen LogP contribution in [-0.2, 0) is 6.54 Å². The molecule has 1 aliphatic carbocycles. The van der Waals surface area contributed by atoms with E-state index in [1.807, 2.05) is 30.7 Å². The van der Waals surface area contributed by atoms with Gasteiger partial charge < -0.3 is 10.3 Å². The van der Waals surface area contributed by atoms with Crippen LogP contribution in [0.2, 0.25) is 0 Å². The van der Waals surface area contributed by atoms with Crippen LogP contribution in [0.5, 0.6) is 0 Å². The average molecular weight is 284 g/mol. The number of benzene rings is 1. The lowest BCUT2D eigenvalue weighted by Crippen LogP contribution is -2.35. The molecule has 0 saturated heterocycles. The maximum atomic E-state index is 6.41. The van der Waals surface area contributed by atoms with Crippen molar-refractivity contribution in [2.45, 2.75) is 44.4 Å². The SMILES string of the molecule is CC(Cn1cncc1C(N)c1ccccc1)N(C)C1CC1. The molecule has 2 unspecified atom stereocenters. The molecule has 21 heavy (non-hydrogen) atoms. The number of nitrogens with two attached hydrogens (primary N) is 1. The first-order chi connectivity index (χ1) is 10.2.